The molecule has 2 aliphatic heterocycles. The van der Waals surface area contributed by atoms with Gasteiger partial charge in [0.1, 0.15) is 0 Å². The first-order chi connectivity index (χ1) is 18.1. The lowest BCUT2D eigenvalue weighted by atomic mass is 9.92. The zero-order valence-electron chi connectivity index (χ0n) is 23.9. The number of benzene rings is 1. The van der Waals surface area contributed by atoms with Crippen molar-refractivity contribution in [2.24, 2.45) is 5.92 Å². The van der Waals surface area contributed by atoms with Crippen LogP contribution in [0, 0.1) is 12.8 Å². The minimum absolute atomic E-state index is 0.00196. The summed E-state index contributed by atoms with van der Waals surface area (Å²) < 4.78 is 53.8. The predicted octanol–water partition coefficient (Wildman–Crippen LogP) is 7.26. The van der Waals surface area contributed by atoms with Crippen molar-refractivity contribution in [3.05, 3.63) is 59.6 Å². The molecule has 1 aromatic rings. The molecule has 0 amide bonds. The lowest BCUT2D eigenvalue weighted by molar-refractivity contribution is -0.137. The van der Waals surface area contributed by atoms with Crippen LogP contribution < -0.4 is 10.6 Å². The molecule has 2 N–H and O–H groups in total. The number of ether oxygens (including phenoxy) is 1. The summed E-state index contributed by atoms with van der Waals surface area (Å²) >= 11 is 0. The van der Waals surface area contributed by atoms with E-state index in [9.17, 15) is 17.6 Å². The van der Waals surface area contributed by atoms with Gasteiger partial charge in [-0.05, 0) is 96.2 Å². The number of hydrogen-bond donors (Lipinski definition) is 2. The van der Waals surface area contributed by atoms with E-state index in [-0.39, 0.29) is 5.83 Å². The normalized spacial score (nSPS) is 21.0. The monoisotopic (exact) mass is 543 g/mol. The lowest BCUT2D eigenvalue weighted by Crippen LogP contribution is -2.41. The van der Waals surface area contributed by atoms with Crippen LogP contribution in [0.3, 0.4) is 0 Å². The second kappa shape index (κ2) is 19.2. The molecule has 38 heavy (non-hydrogen) atoms. The molecule has 2 atom stereocenters. The van der Waals surface area contributed by atoms with Crippen LogP contribution in [0.15, 0.2) is 48.4 Å². The minimum Gasteiger partial charge on any atom is -0.382 e. The lowest BCUT2D eigenvalue weighted by Gasteiger charge is -2.29. The largest absolute Gasteiger partial charge is 0.416 e. The standard InChI is InChI=1S/C13H23FN2.C9H19NO.C8H7F3/c1-2-11(14)5-6-15-9-10-7-12-3-4-13(8-10)16-12;1-4-7-10(3)8-6-9-11-5-2;1-6-2-4-7(5-3-6)8(9,10)11/h5,10,12-13,15-16H,2-4,6-9H2,1H3;4,7H,5-6,8-9H2,1-3H3;2-5H,1H3/b11-5+;7-4+;. The van der Waals surface area contributed by atoms with Gasteiger partial charge in [-0.25, -0.2) is 4.39 Å². The van der Waals surface area contributed by atoms with E-state index in [0.29, 0.717) is 13.0 Å². The number of rotatable bonds is 11. The molecule has 2 aliphatic rings. The maximum absolute atomic E-state index is 12.8. The van der Waals surface area contributed by atoms with Crippen LogP contribution in [0.2, 0.25) is 0 Å². The summed E-state index contributed by atoms with van der Waals surface area (Å²) in [6.45, 7) is 12.1. The Bertz CT molecular complexity index is 784. The van der Waals surface area contributed by atoms with Crippen molar-refractivity contribution < 1.29 is 22.3 Å². The van der Waals surface area contributed by atoms with Gasteiger partial charge < -0.3 is 20.3 Å². The topological polar surface area (TPSA) is 36.5 Å². The van der Waals surface area contributed by atoms with Crippen LogP contribution in [0.4, 0.5) is 17.6 Å². The fourth-order valence-corrected chi connectivity index (χ4v) is 4.59. The molecule has 3 rings (SSSR count). The molecular weight excluding hydrogens is 494 g/mol. The van der Waals surface area contributed by atoms with Crippen molar-refractivity contribution in [3.8, 4) is 0 Å². The molecule has 218 valence electrons. The van der Waals surface area contributed by atoms with Gasteiger partial charge in [-0.15, -0.1) is 0 Å². The Labute approximate surface area is 227 Å². The van der Waals surface area contributed by atoms with E-state index < -0.39 is 11.7 Å². The fourth-order valence-electron chi connectivity index (χ4n) is 4.59. The van der Waals surface area contributed by atoms with E-state index in [4.69, 9.17) is 4.74 Å². The van der Waals surface area contributed by atoms with Crippen LogP contribution in [-0.2, 0) is 10.9 Å². The van der Waals surface area contributed by atoms with Crippen LogP contribution in [0.25, 0.3) is 0 Å². The Hall–Kier alpha value is -1.90. The van der Waals surface area contributed by atoms with Gasteiger partial charge >= 0.3 is 6.18 Å². The average Bonchev–Trinajstić information content (AvgIpc) is 3.22. The van der Waals surface area contributed by atoms with E-state index in [2.05, 4.69) is 28.8 Å². The Balaban J connectivity index is 0.000000295. The molecule has 0 spiro atoms. The SMILES string of the molecule is C/C=C/N(C)CCCOCC.CC/C(F)=C\CNCC1CC2CCC(C1)N2.Cc1ccc(C(F)(F)F)cc1. The molecule has 1 aromatic carbocycles. The number of nitrogens with zero attached hydrogens (tertiary/aromatic N) is 1. The highest BCUT2D eigenvalue weighted by molar-refractivity contribution is 5.23. The fraction of sp³-hybridized carbons (Fsp3) is 0.667. The number of halogens is 4. The van der Waals surface area contributed by atoms with Gasteiger partial charge in [0, 0.05) is 45.4 Å². The van der Waals surface area contributed by atoms with Crippen LogP contribution in [0.5, 0.6) is 0 Å². The van der Waals surface area contributed by atoms with Gasteiger partial charge in [0.25, 0.3) is 0 Å². The molecular formula is C30H49F4N3O. The molecule has 0 radical (unpaired) electrons. The van der Waals surface area contributed by atoms with Crippen LogP contribution in [-0.4, -0.2) is 56.9 Å². The molecule has 2 saturated heterocycles. The molecule has 4 nitrogen and oxygen atoms in total. The smallest absolute Gasteiger partial charge is 0.382 e. The molecule has 2 fully saturated rings. The number of nitrogens with one attached hydrogen (secondary N) is 2. The van der Waals surface area contributed by atoms with Gasteiger partial charge in [0.05, 0.1) is 11.4 Å². The van der Waals surface area contributed by atoms with E-state index >= 15 is 0 Å². The van der Waals surface area contributed by atoms with E-state index in [1.807, 2.05) is 26.8 Å². The predicted molar refractivity (Wildman–Crippen MR) is 150 cm³/mol. The van der Waals surface area contributed by atoms with Crippen molar-refractivity contribution in [2.45, 2.75) is 84.5 Å². The quantitative estimate of drug-likeness (QED) is 0.227. The zero-order valence-corrected chi connectivity index (χ0v) is 23.9. The molecule has 8 heteroatoms. The van der Waals surface area contributed by atoms with Crippen molar-refractivity contribution in [1.29, 1.82) is 0 Å². The van der Waals surface area contributed by atoms with Gasteiger partial charge in [-0.1, -0.05) is 30.7 Å². The highest BCUT2D eigenvalue weighted by Crippen LogP contribution is 2.30. The maximum Gasteiger partial charge on any atom is 0.416 e. The second-order valence-electron chi connectivity index (χ2n) is 10.0. The Morgan fingerprint density at radius 1 is 1.13 bits per heavy atom. The molecule has 2 unspecified atom stereocenters. The van der Waals surface area contributed by atoms with Crippen molar-refractivity contribution >= 4 is 0 Å². The van der Waals surface area contributed by atoms with Gasteiger partial charge in [-0.3, -0.25) is 0 Å². The van der Waals surface area contributed by atoms with E-state index in [1.165, 1.54) is 37.8 Å². The Kier molecular flexibility index (Phi) is 17.2. The van der Waals surface area contributed by atoms with E-state index in [1.54, 1.807) is 13.0 Å². The minimum atomic E-state index is -4.21. The van der Waals surface area contributed by atoms with Gasteiger partial charge in [0.2, 0.25) is 0 Å². The Morgan fingerprint density at radius 3 is 2.29 bits per heavy atom. The van der Waals surface area contributed by atoms with Crippen LogP contribution >= 0.6 is 0 Å². The zero-order chi connectivity index (χ0) is 28.4. The number of fused-ring (bicyclic) bond motifs is 2. The number of piperidine rings is 1. The van der Waals surface area contributed by atoms with E-state index in [0.717, 1.165) is 68.4 Å². The first-order valence-electron chi connectivity index (χ1n) is 13.9. The third-order valence-corrected chi connectivity index (χ3v) is 6.60. The summed E-state index contributed by atoms with van der Waals surface area (Å²) in [6.07, 6.45) is 8.48. The summed E-state index contributed by atoms with van der Waals surface area (Å²) in [5, 5.41) is 6.98. The maximum atomic E-state index is 12.8. The first kappa shape index (κ1) is 34.1. The number of allylic oxidation sites excluding steroid dienone is 2. The molecule has 2 heterocycles. The average molecular weight is 544 g/mol. The third kappa shape index (κ3) is 15.5. The summed E-state index contributed by atoms with van der Waals surface area (Å²) in [4.78, 5) is 2.17. The highest BCUT2D eigenvalue weighted by atomic mass is 19.4. The van der Waals surface area contributed by atoms with Crippen molar-refractivity contribution in [2.75, 3.05) is 39.9 Å². The summed E-state index contributed by atoms with van der Waals surface area (Å²) in [6, 6.07) is 6.57. The summed E-state index contributed by atoms with van der Waals surface area (Å²) in [5.74, 6) is 0.787. The number of aryl methyl sites for hydroxylation is 1. The highest BCUT2D eigenvalue weighted by Gasteiger charge is 2.33. The summed E-state index contributed by atoms with van der Waals surface area (Å²) in [5.41, 5.74) is 0.237. The van der Waals surface area contributed by atoms with Crippen molar-refractivity contribution in [3.63, 3.8) is 0 Å². The second-order valence-corrected chi connectivity index (χ2v) is 10.0. The Morgan fingerprint density at radius 2 is 1.76 bits per heavy atom. The molecule has 0 aliphatic carbocycles. The molecule has 0 aromatic heterocycles. The summed E-state index contributed by atoms with van der Waals surface area (Å²) in [7, 11) is 2.08. The first-order valence-corrected chi connectivity index (χ1v) is 13.9. The molecule has 2 bridgehead atoms. The van der Waals surface area contributed by atoms with Gasteiger partial charge in [0.15, 0.2) is 0 Å². The van der Waals surface area contributed by atoms with Crippen LogP contribution in [0.1, 0.15) is 70.4 Å². The number of hydrogen-bond acceptors (Lipinski definition) is 4. The molecule has 0 saturated carbocycles. The third-order valence-electron chi connectivity index (χ3n) is 6.60. The van der Waals surface area contributed by atoms with Crippen molar-refractivity contribution in [1.82, 2.24) is 15.5 Å². The van der Waals surface area contributed by atoms with Gasteiger partial charge in [-0.2, -0.15) is 13.2 Å². The number of alkyl halides is 3.